The van der Waals surface area contributed by atoms with Crippen LogP contribution in [0.4, 0.5) is 0 Å². The molecule has 0 aromatic heterocycles. The van der Waals surface area contributed by atoms with Crippen LogP contribution in [0.25, 0.3) is 0 Å². The molecule has 1 aliphatic rings. The monoisotopic (exact) mass is 175 g/mol. The van der Waals surface area contributed by atoms with E-state index in [-0.39, 0.29) is 0 Å². The maximum atomic E-state index is 6.06. The second kappa shape index (κ2) is 3.51. The first-order chi connectivity index (χ1) is 6.25. The summed E-state index contributed by atoms with van der Waals surface area (Å²) in [5, 5.41) is 0. The first-order valence-electron chi connectivity index (χ1n) is 5.07. The minimum Gasteiger partial charge on any atom is -0.327 e. The minimum atomic E-state index is 0.391. The molecule has 2 rings (SSSR count). The average Bonchev–Trinajstić information content (AvgIpc) is 2.85. The fraction of sp³-hybridized carbons (Fsp3) is 0.500. The molecule has 0 amide bonds. The summed E-state index contributed by atoms with van der Waals surface area (Å²) in [7, 11) is 0. The summed E-state index contributed by atoms with van der Waals surface area (Å²) in [5.41, 5.74) is 8.78. The van der Waals surface area contributed by atoms with Gasteiger partial charge in [-0.15, -0.1) is 0 Å². The SMILES string of the molecule is Cc1cccc(C[C@@H](N)C2CC2)c1. The third-order valence-corrected chi connectivity index (χ3v) is 2.78. The van der Waals surface area contributed by atoms with Gasteiger partial charge in [0.2, 0.25) is 0 Å². The molecule has 1 aromatic carbocycles. The summed E-state index contributed by atoms with van der Waals surface area (Å²) in [4.78, 5) is 0. The Balaban J connectivity index is 2.00. The molecule has 1 atom stereocenters. The summed E-state index contributed by atoms with van der Waals surface area (Å²) in [6.45, 7) is 2.13. The number of hydrogen-bond acceptors (Lipinski definition) is 1. The molecule has 1 aromatic rings. The third-order valence-electron chi connectivity index (χ3n) is 2.78. The van der Waals surface area contributed by atoms with E-state index in [1.807, 2.05) is 0 Å². The minimum absolute atomic E-state index is 0.391. The molecule has 1 heteroatoms. The number of benzene rings is 1. The predicted octanol–water partition coefficient (Wildman–Crippen LogP) is 2.27. The predicted molar refractivity (Wildman–Crippen MR) is 55.6 cm³/mol. The summed E-state index contributed by atoms with van der Waals surface area (Å²) in [5.74, 6) is 0.806. The van der Waals surface area contributed by atoms with Crippen LogP contribution in [0, 0.1) is 12.8 Å². The lowest BCUT2D eigenvalue weighted by molar-refractivity contribution is 0.591. The maximum Gasteiger partial charge on any atom is 0.0108 e. The Morgan fingerprint density at radius 3 is 2.85 bits per heavy atom. The van der Waals surface area contributed by atoms with Gasteiger partial charge in [-0.25, -0.2) is 0 Å². The van der Waals surface area contributed by atoms with E-state index in [0.29, 0.717) is 6.04 Å². The van der Waals surface area contributed by atoms with Crippen molar-refractivity contribution in [2.24, 2.45) is 11.7 Å². The van der Waals surface area contributed by atoms with Crippen LogP contribution >= 0.6 is 0 Å². The fourth-order valence-electron chi connectivity index (χ4n) is 1.80. The molecule has 0 bridgehead atoms. The van der Waals surface area contributed by atoms with Crippen molar-refractivity contribution >= 4 is 0 Å². The van der Waals surface area contributed by atoms with Gasteiger partial charge in [-0.2, -0.15) is 0 Å². The van der Waals surface area contributed by atoms with Crippen molar-refractivity contribution in [1.29, 1.82) is 0 Å². The number of hydrogen-bond donors (Lipinski definition) is 1. The highest BCUT2D eigenvalue weighted by Crippen LogP contribution is 2.32. The van der Waals surface area contributed by atoms with Crippen LogP contribution in [0.1, 0.15) is 24.0 Å². The summed E-state index contributed by atoms with van der Waals surface area (Å²) in [6, 6.07) is 9.05. The normalized spacial score (nSPS) is 18.6. The van der Waals surface area contributed by atoms with Crippen molar-refractivity contribution < 1.29 is 0 Å². The van der Waals surface area contributed by atoms with Gasteiger partial charge in [0.1, 0.15) is 0 Å². The lowest BCUT2D eigenvalue weighted by Crippen LogP contribution is -2.24. The van der Waals surface area contributed by atoms with E-state index in [1.165, 1.54) is 24.0 Å². The average molecular weight is 175 g/mol. The van der Waals surface area contributed by atoms with Crippen LogP contribution < -0.4 is 5.73 Å². The molecule has 2 N–H and O–H groups in total. The van der Waals surface area contributed by atoms with Crippen molar-refractivity contribution in [3.8, 4) is 0 Å². The molecule has 0 aliphatic heterocycles. The van der Waals surface area contributed by atoms with Crippen molar-refractivity contribution in [1.82, 2.24) is 0 Å². The maximum absolute atomic E-state index is 6.06. The quantitative estimate of drug-likeness (QED) is 0.749. The molecular formula is C12H17N. The van der Waals surface area contributed by atoms with Gasteiger partial charge in [0.15, 0.2) is 0 Å². The lowest BCUT2D eigenvalue weighted by atomic mass is 10.0. The van der Waals surface area contributed by atoms with E-state index < -0.39 is 0 Å². The van der Waals surface area contributed by atoms with Gasteiger partial charge in [-0.05, 0) is 37.7 Å². The fourth-order valence-corrected chi connectivity index (χ4v) is 1.80. The molecule has 1 fully saturated rings. The third kappa shape index (κ3) is 2.31. The smallest absolute Gasteiger partial charge is 0.0108 e. The van der Waals surface area contributed by atoms with Crippen molar-refractivity contribution in [3.05, 3.63) is 35.4 Å². The Hall–Kier alpha value is -0.820. The Morgan fingerprint density at radius 2 is 2.23 bits per heavy atom. The van der Waals surface area contributed by atoms with Crippen molar-refractivity contribution in [3.63, 3.8) is 0 Å². The molecular weight excluding hydrogens is 158 g/mol. The molecule has 13 heavy (non-hydrogen) atoms. The first-order valence-corrected chi connectivity index (χ1v) is 5.07. The van der Waals surface area contributed by atoms with Crippen molar-refractivity contribution in [2.75, 3.05) is 0 Å². The Bertz CT molecular complexity index is 289. The summed E-state index contributed by atoms with van der Waals surface area (Å²) < 4.78 is 0. The highest BCUT2D eigenvalue weighted by atomic mass is 14.7. The molecule has 0 spiro atoms. The standard InChI is InChI=1S/C12H17N/c1-9-3-2-4-10(7-9)8-12(13)11-5-6-11/h2-4,7,11-12H,5-6,8,13H2,1H3/t12-/m1/s1. The zero-order valence-corrected chi connectivity index (χ0v) is 8.16. The van der Waals surface area contributed by atoms with E-state index in [2.05, 4.69) is 31.2 Å². The largest absolute Gasteiger partial charge is 0.327 e. The van der Waals surface area contributed by atoms with Gasteiger partial charge in [-0.3, -0.25) is 0 Å². The van der Waals surface area contributed by atoms with Crippen LogP contribution in [-0.2, 0) is 6.42 Å². The van der Waals surface area contributed by atoms with E-state index >= 15 is 0 Å². The van der Waals surface area contributed by atoms with Crippen molar-refractivity contribution in [2.45, 2.75) is 32.2 Å². The van der Waals surface area contributed by atoms with Gasteiger partial charge in [0, 0.05) is 6.04 Å². The summed E-state index contributed by atoms with van der Waals surface area (Å²) in [6.07, 6.45) is 3.73. The highest BCUT2D eigenvalue weighted by molar-refractivity contribution is 5.23. The lowest BCUT2D eigenvalue weighted by Gasteiger charge is -2.10. The molecule has 0 heterocycles. The van der Waals surface area contributed by atoms with E-state index in [0.717, 1.165) is 12.3 Å². The molecule has 1 nitrogen and oxygen atoms in total. The molecule has 1 aliphatic carbocycles. The highest BCUT2D eigenvalue weighted by Gasteiger charge is 2.28. The molecule has 0 saturated heterocycles. The van der Waals surface area contributed by atoms with E-state index in [1.54, 1.807) is 0 Å². The second-order valence-electron chi connectivity index (χ2n) is 4.19. The molecule has 0 radical (unpaired) electrons. The van der Waals surface area contributed by atoms with Crippen LogP contribution in [0.3, 0.4) is 0 Å². The Morgan fingerprint density at radius 1 is 1.46 bits per heavy atom. The zero-order valence-electron chi connectivity index (χ0n) is 8.16. The van der Waals surface area contributed by atoms with Crippen LogP contribution in [0.5, 0.6) is 0 Å². The Kier molecular flexibility index (Phi) is 2.36. The molecule has 70 valence electrons. The number of nitrogens with two attached hydrogens (primary N) is 1. The molecule has 1 saturated carbocycles. The topological polar surface area (TPSA) is 26.0 Å². The number of rotatable bonds is 3. The number of aryl methyl sites for hydroxylation is 1. The second-order valence-corrected chi connectivity index (χ2v) is 4.19. The summed E-state index contributed by atoms with van der Waals surface area (Å²) >= 11 is 0. The molecule has 0 unspecified atom stereocenters. The van der Waals surface area contributed by atoms with E-state index in [4.69, 9.17) is 5.73 Å². The van der Waals surface area contributed by atoms with Gasteiger partial charge in [0.05, 0.1) is 0 Å². The van der Waals surface area contributed by atoms with E-state index in [9.17, 15) is 0 Å². The Labute approximate surface area is 80.0 Å². The van der Waals surface area contributed by atoms with Crippen LogP contribution in [0.2, 0.25) is 0 Å². The van der Waals surface area contributed by atoms with Crippen LogP contribution in [-0.4, -0.2) is 6.04 Å². The van der Waals surface area contributed by atoms with Gasteiger partial charge < -0.3 is 5.73 Å². The van der Waals surface area contributed by atoms with Gasteiger partial charge >= 0.3 is 0 Å². The van der Waals surface area contributed by atoms with Crippen LogP contribution in [0.15, 0.2) is 24.3 Å². The zero-order chi connectivity index (χ0) is 9.26. The van der Waals surface area contributed by atoms with Gasteiger partial charge in [-0.1, -0.05) is 29.8 Å². The first kappa shape index (κ1) is 8.76. The van der Waals surface area contributed by atoms with Gasteiger partial charge in [0.25, 0.3) is 0 Å².